The van der Waals surface area contributed by atoms with E-state index in [9.17, 15) is 4.79 Å². The summed E-state index contributed by atoms with van der Waals surface area (Å²) in [6, 6.07) is 5.74. The summed E-state index contributed by atoms with van der Waals surface area (Å²) in [6.07, 6.45) is 1.07. The molecule has 1 aromatic rings. The Hall–Kier alpha value is -0.870. The average molecular weight is 312 g/mol. The number of rotatable bonds is 2. The van der Waals surface area contributed by atoms with E-state index in [2.05, 4.69) is 41.6 Å². The summed E-state index contributed by atoms with van der Waals surface area (Å²) in [4.78, 5) is 13.4. The smallest absolute Gasteiger partial charge is 0.152 e. The number of hydrogen-bond donors (Lipinski definition) is 0. The number of aldehydes is 1. The molecule has 0 N–H and O–H groups in total. The molecule has 1 aromatic carbocycles. The fourth-order valence-electron chi connectivity index (χ4n) is 2.53. The number of benzene rings is 1. The molecule has 1 heterocycles. The molecule has 18 heavy (non-hydrogen) atoms. The molecule has 0 amide bonds. The van der Waals surface area contributed by atoms with Crippen LogP contribution in [0.2, 0.25) is 0 Å². The van der Waals surface area contributed by atoms with Crippen LogP contribution in [0, 0.1) is 0 Å². The van der Waals surface area contributed by atoms with E-state index in [0.29, 0.717) is 0 Å². The van der Waals surface area contributed by atoms with Gasteiger partial charge in [0.15, 0.2) is 6.29 Å². The number of hydrogen-bond acceptors (Lipinski definition) is 3. The molecular formula is C14H18BrNO2. The molecule has 1 aliphatic rings. The van der Waals surface area contributed by atoms with Crippen molar-refractivity contribution in [2.24, 2.45) is 0 Å². The Morgan fingerprint density at radius 3 is 2.83 bits per heavy atom. The monoisotopic (exact) mass is 311 g/mol. The Balaban J connectivity index is 2.35. The molecule has 0 aliphatic carbocycles. The maximum Gasteiger partial charge on any atom is 0.152 e. The zero-order valence-corrected chi connectivity index (χ0v) is 12.5. The first-order valence-electron chi connectivity index (χ1n) is 6.09. The topological polar surface area (TPSA) is 29.5 Å². The number of carbonyl (C=O) groups is 1. The Bertz CT molecular complexity index is 459. The van der Waals surface area contributed by atoms with Crippen LogP contribution in [0.1, 0.15) is 31.1 Å². The van der Waals surface area contributed by atoms with Gasteiger partial charge >= 0.3 is 0 Å². The quantitative estimate of drug-likeness (QED) is 0.785. The zero-order valence-electron chi connectivity index (χ0n) is 10.9. The summed E-state index contributed by atoms with van der Waals surface area (Å²) in [7, 11) is 0. The molecule has 0 saturated carbocycles. The average Bonchev–Trinajstić information content (AvgIpc) is 2.26. The van der Waals surface area contributed by atoms with Crippen molar-refractivity contribution in [3.8, 4) is 0 Å². The Morgan fingerprint density at radius 2 is 2.22 bits per heavy atom. The van der Waals surface area contributed by atoms with E-state index in [0.717, 1.165) is 35.1 Å². The van der Waals surface area contributed by atoms with Gasteiger partial charge in [0.05, 0.1) is 11.7 Å². The molecule has 1 saturated heterocycles. The minimum Gasteiger partial charge on any atom is -0.369 e. The standard InChI is InChI=1S/C14H18BrNO2/c1-10-7-16(9-14(2,3)18-10)13-6-12(15)5-4-11(13)8-17/h4-6,8,10H,7,9H2,1-3H3. The van der Waals surface area contributed by atoms with E-state index < -0.39 is 0 Å². The lowest BCUT2D eigenvalue weighted by Crippen LogP contribution is -2.52. The predicted octanol–water partition coefficient (Wildman–Crippen LogP) is 3.27. The van der Waals surface area contributed by atoms with Crippen molar-refractivity contribution in [2.45, 2.75) is 32.5 Å². The minimum atomic E-state index is -0.194. The third kappa shape index (κ3) is 2.93. The zero-order chi connectivity index (χ0) is 13.3. The molecule has 1 fully saturated rings. The third-order valence-electron chi connectivity index (χ3n) is 3.03. The number of ether oxygens (including phenoxy) is 1. The summed E-state index contributed by atoms with van der Waals surface area (Å²) in [5, 5.41) is 0. The summed E-state index contributed by atoms with van der Waals surface area (Å²) >= 11 is 3.46. The van der Waals surface area contributed by atoms with Gasteiger partial charge < -0.3 is 9.64 Å². The highest BCUT2D eigenvalue weighted by molar-refractivity contribution is 9.10. The first-order chi connectivity index (χ1) is 8.41. The number of anilines is 1. The summed E-state index contributed by atoms with van der Waals surface area (Å²) in [5.41, 5.74) is 1.51. The Morgan fingerprint density at radius 1 is 1.50 bits per heavy atom. The minimum absolute atomic E-state index is 0.159. The fourth-order valence-corrected chi connectivity index (χ4v) is 2.88. The maximum atomic E-state index is 11.2. The van der Waals surface area contributed by atoms with Crippen LogP contribution in [0.5, 0.6) is 0 Å². The molecular weight excluding hydrogens is 294 g/mol. The number of nitrogens with zero attached hydrogens (tertiary/aromatic N) is 1. The highest BCUT2D eigenvalue weighted by Gasteiger charge is 2.32. The number of morpholine rings is 1. The van der Waals surface area contributed by atoms with E-state index in [1.807, 2.05) is 18.2 Å². The Labute approximate surface area is 116 Å². The predicted molar refractivity (Wildman–Crippen MR) is 76.4 cm³/mol. The van der Waals surface area contributed by atoms with E-state index in [1.54, 1.807) is 0 Å². The maximum absolute atomic E-state index is 11.2. The lowest BCUT2D eigenvalue weighted by atomic mass is 10.0. The van der Waals surface area contributed by atoms with E-state index in [4.69, 9.17) is 4.74 Å². The lowest BCUT2D eigenvalue weighted by Gasteiger charge is -2.43. The lowest BCUT2D eigenvalue weighted by molar-refractivity contribution is -0.0750. The van der Waals surface area contributed by atoms with Crippen LogP contribution in [0.25, 0.3) is 0 Å². The van der Waals surface area contributed by atoms with Crippen molar-refractivity contribution in [1.82, 2.24) is 0 Å². The summed E-state index contributed by atoms with van der Waals surface area (Å²) in [5.74, 6) is 0. The van der Waals surface area contributed by atoms with Gasteiger partial charge in [-0.25, -0.2) is 0 Å². The molecule has 1 atom stereocenters. The third-order valence-corrected chi connectivity index (χ3v) is 3.52. The van der Waals surface area contributed by atoms with Gasteiger partial charge in [0, 0.05) is 28.8 Å². The molecule has 0 spiro atoms. The second kappa shape index (κ2) is 5.02. The van der Waals surface area contributed by atoms with Crippen LogP contribution >= 0.6 is 15.9 Å². The largest absolute Gasteiger partial charge is 0.369 e. The second-order valence-corrected chi connectivity index (χ2v) is 6.31. The van der Waals surface area contributed by atoms with Crippen LogP contribution in [-0.4, -0.2) is 31.1 Å². The van der Waals surface area contributed by atoms with E-state index >= 15 is 0 Å². The first kappa shape index (κ1) is 13.6. The van der Waals surface area contributed by atoms with Crippen molar-refractivity contribution < 1.29 is 9.53 Å². The first-order valence-corrected chi connectivity index (χ1v) is 6.88. The van der Waals surface area contributed by atoms with Gasteiger partial charge in [0.1, 0.15) is 0 Å². The van der Waals surface area contributed by atoms with Crippen molar-refractivity contribution >= 4 is 27.9 Å². The molecule has 4 heteroatoms. The second-order valence-electron chi connectivity index (χ2n) is 5.39. The van der Waals surface area contributed by atoms with Gasteiger partial charge in [0.2, 0.25) is 0 Å². The van der Waals surface area contributed by atoms with Gasteiger partial charge in [-0.15, -0.1) is 0 Å². The van der Waals surface area contributed by atoms with Gasteiger partial charge in [-0.3, -0.25) is 4.79 Å². The molecule has 0 radical (unpaired) electrons. The van der Waals surface area contributed by atoms with Crippen LogP contribution in [-0.2, 0) is 4.74 Å². The fraction of sp³-hybridized carbons (Fsp3) is 0.500. The molecule has 2 rings (SSSR count). The van der Waals surface area contributed by atoms with Gasteiger partial charge in [-0.05, 0) is 39.0 Å². The highest BCUT2D eigenvalue weighted by Crippen LogP contribution is 2.30. The molecule has 0 bridgehead atoms. The normalized spacial score (nSPS) is 22.9. The van der Waals surface area contributed by atoms with Gasteiger partial charge in [-0.1, -0.05) is 15.9 Å². The van der Waals surface area contributed by atoms with Crippen LogP contribution in [0.15, 0.2) is 22.7 Å². The van der Waals surface area contributed by atoms with Crippen LogP contribution in [0.4, 0.5) is 5.69 Å². The van der Waals surface area contributed by atoms with Crippen LogP contribution in [0.3, 0.4) is 0 Å². The van der Waals surface area contributed by atoms with Crippen molar-refractivity contribution in [3.05, 3.63) is 28.2 Å². The van der Waals surface area contributed by atoms with E-state index in [-0.39, 0.29) is 11.7 Å². The molecule has 3 nitrogen and oxygen atoms in total. The van der Waals surface area contributed by atoms with Gasteiger partial charge in [0.25, 0.3) is 0 Å². The highest BCUT2D eigenvalue weighted by atomic mass is 79.9. The molecule has 98 valence electrons. The van der Waals surface area contributed by atoms with Crippen LogP contribution < -0.4 is 4.90 Å². The van der Waals surface area contributed by atoms with Crippen molar-refractivity contribution in [3.63, 3.8) is 0 Å². The summed E-state index contributed by atoms with van der Waals surface area (Å²) in [6.45, 7) is 7.81. The van der Waals surface area contributed by atoms with Crippen molar-refractivity contribution in [1.29, 1.82) is 0 Å². The van der Waals surface area contributed by atoms with E-state index in [1.165, 1.54) is 0 Å². The molecule has 0 aromatic heterocycles. The number of carbonyl (C=O) groups excluding carboxylic acids is 1. The molecule has 1 aliphatic heterocycles. The molecule has 1 unspecified atom stereocenters. The SMILES string of the molecule is CC1CN(c2cc(Br)ccc2C=O)CC(C)(C)O1. The van der Waals surface area contributed by atoms with Crippen molar-refractivity contribution in [2.75, 3.05) is 18.0 Å². The number of halogens is 1. The summed E-state index contributed by atoms with van der Waals surface area (Å²) < 4.78 is 6.87. The Kier molecular flexibility index (Phi) is 3.78. The van der Waals surface area contributed by atoms with Gasteiger partial charge in [-0.2, -0.15) is 0 Å².